The summed E-state index contributed by atoms with van der Waals surface area (Å²) in [4.78, 5) is 33.2. The molecule has 1 saturated carbocycles. The molecule has 2 aromatic heterocycles. The normalized spacial score (nSPS) is 15.6. The lowest BCUT2D eigenvalue weighted by molar-refractivity contribution is -0.125. The van der Waals surface area contributed by atoms with Crippen LogP contribution < -0.4 is 5.32 Å². The van der Waals surface area contributed by atoms with Crippen LogP contribution in [0.5, 0.6) is 0 Å². The number of aromatic nitrogens is 2. The number of pyridine rings is 1. The Labute approximate surface area is 155 Å². The Morgan fingerprint density at radius 2 is 2.23 bits per heavy atom. The van der Waals surface area contributed by atoms with Gasteiger partial charge in [0.2, 0.25) is 0 Å². The fourth-order valence-corrected chi connectivity index (χ4v) is 3.53. The Morgan fingerprint density at radius 1 is 1.46 bits per heavy atom. The van der Waals surface area contributed by atoms with Crippen LogP contribution in [0.3, 0.4) is 0 Å². The lowest BCUT2D eigenvalue weighted by Gasteiger charge is -2.22. The second-order valence-corrected chi connectivity index (χ2v) is 7.36. The maximum atomic E-state index is 12.3. The van der Waals surface area contributed by atoms with E-state index in [9.17, 15) is 14.9 Å². The molecule has 0 spiro atoms. The van der Waals surface area contributed by atoms with Crippen molar-refractivity contribution >= 4 is 23.2 Å². The Bertz CT molecular complexity index is 870. The summed E-state index contributed by atoms with van der Waals surface area (Å²) in [6.07, 6.45) is 3.49. The third-order valence-corrected chi connectivity index (χ3v) is 5.39. The molecule has 7 nitrogen and oxygen atoms in total. The Morgan fingerprint density at radius 3 is 2.85 bits per heavy atom. The van der Waals surface area contributed by atoms with Gasteiger partial charge in [-0.15, -0.1) is 11.3 Å². The Balaban J connectivity index is 1.61. The van der Waals surface area contributed by atoms with E-state index in [0.29, 0.717) is 21.3 Å². The van der Waals surface area contributed by atoms with E-state index in [1.165, 1.54) is 11.3 Å². The monoisotopic (exact) mass is 370 g/mol. The molecule has 1 aliphatic carbocycles. The van der Waals surface area contributed by atoms with Crippen molar-refractivity contribution in [3.63, 3.8) is 0 Å². The molecule has 0 unspecified atom stereocenters. The van der Waals surface area contributed by atoms with Gasteiger partial charge in [0.25, 0.3) is 5.91 Å². The standard InChI is InChI=1S/C18H18N4O3S/c1-11-15(26-16(21-11)13-5-3-4-8-20-13)17(24)25-9-14(23)22-18(2,10-19)12-6-7-12/h3-5,8,12H,6-7,9H2,1-2H3,(H,22,23)/t18-/m0/s1. The van der Waals surface area contributed by atoms with Crippen molar-refractivity contribution in [2.24, 2.45) is 5.92 Å². The number of nitriles is 1. The number of nitrogens with one attached hydrogen (secondary N) is 1. The number of carbonyl (C=O) groups excluding carboxylic acids is 2. The van der Waals surface area contributed by atoms with Gasteiger partial charge in [0, 0.05) is 6.20 Å². The van der Waals surface area contributed by atoms with Gasteiger partial charge in [-0.2, -0.15) is 5.26 Å². The van der Waals surface area contributed by atoms with Crippen LogP contribution in [0.4, 0.5) is 0 Å². The molecule has 3 rings (SSSR count). The molecule has 1 atom stereocenters. The van der Waals surface area contributed by atoms with Crippen LogP contribution in [0.25, 0.3) is 10.7 Å². The predicted molar refractivity (Wildman–Crippen MR) is 95.2 cm³/mol. The van der Waals surface area contributed by atoms with E-state index in [-0.39, 0.29) is 5.92 Å². The van der Waals surface area contributed by atoms with E-state index < -0.39 is 24.0 Å². The highest BCUT2D eigenvalue weighted by Gasteiger charge is 2.43. The minimum Gasteiger partial charge on any atom is -0.451 e. The molecular weight excluding hydrogens is 352 g/mol. The molecule has 0 radical (unpaired) electrons. The van der Waals surface area contributed by atoms with E-state index in [0.717, 1.165) is 12.8 Å². The van der Waals surface area contributed by atoms with Gasteiger partial charge in [-0.3, -0.25) is 9.78 Å². The summed E-state index contributed by atoms with van der Waals surface area (Å²) in [7, 11) is 0. The number of hydrogen-bond donors (Lipinski definition) is 1. The summed E-state index contributed by atoms with van der Waals surface area (Å²) in [5, 5.41) is 12.5. The van der Waals surface area contributed by atoms with Crippen molar-refractivity contribution in [1.29, 1.82) is 5.26 Å². The molecule has 134 valence electrons. The molecule has 0 aromatic carbocycles. The first-order valence-corrected chi connectivity index (χ1v) is 9.03. The summed E-state index contributed by atoms with van der Waals surface area (Å²) < 4.78 is 5.10. The number of rotatable bonds is 6. The summed E-state index contributed by atoms with van der Waals surface area (Å²) in [5.74, 6) is -0.930. The van der Waals surface area contributed by atoms with Crippen LogP contribution >= 0.6 is 11.3 Å². The SMILES string of the molecule is Cc1nc(-c2ccccn2)sc1C(=O)OCC(=O)N[C@@](C)(C#N)C1CC1. The third-order valence-electron chi connectivity index (χ3n) is 4.23. The highest BCUT2D eigenvalue weighted by molar-refractivity contribution is 7.17. The molecule has 2 heterocycles. The molecule has 1 aliphatic rings. The fraction of sp³-hybridized carbons (Fsp3) is 0.389. The van der Waals surface area contributed by atoms with Gasteiger partial charge in [0.15, 0.2) is 6.61 Å². The molecule has 1 amide bonds. The minimum absolute atomic E-state index is 0.164. The van der Waals surface area contributed by atoms with Crippen molar-refractivity contribution < 1.29 is 14.3 Å². The maximum Gasteiger partial charge on any atom is 0.350 e. The molecular formula is C18H18N4O3S. The molecule has 8 heteroatoms. The zero-order chi connectivity index (χ0) is 18.7. The van der Waals surface area contributed by atoms with E-state index in [1.54, 1.807) is 32.2 Å². The van der Waals surface area contributed by atoms with Crippen LogP contribution in [0, 0.1) is 24.2 Å². The second kappa shape index (κ2) is 7.22. The van der Waals surface area contributed by atoms with Crippen molar-refractivity contribution in [3.05, 3.63) is 35.0 Å². The van der Waals surface area contributed by atoms with Crippen LogP contribution in [0.2, 0.25) is 0 Å². The maximum absolute atomic E-state index is 12.3. The van der Waals surface area contributed by atoms with Crippen LogP contribution in [0.15, 0.2) is 24.4 Å². The number of nitrogens with zero attached hydrogens (tertiary/aromatic N) is 3. The highest BCUT2D eigenvalue weighted by Crippen LogP contribution is 2.39. The number of amides is 1. The molecule has 0 aliphatic heterocycles. The van der Waals surface area contributed by atoms with Gasteiger partial charge in [0.05, 0.1) is 17.5 Å². The molecule has 0 bridgehead atoms. The van der Waals surface area contributed by atoms with Gasteiger partial charge in [-0.25, -0.2) is 9.78 Å². The average molecular weight is 370 g/mol. The number of ether oxygens (including phenoxy) is 1. The van der Waals surface area contributed by atoms with Crippen molar-refractivity contribution in [2.75, 3.05) is 6.61 Å². The summed E-state index contributed by atoms with van der Waals surface area (Å²) in [6.45, 7) is 2.97. The van der Waals surface area contributed by atoms with Gasteiger partial charge >= 0.3 is 5.97 Å². The van der Waals surface area contributed by atoms with Gasteiger partial charge < -0.3 is 10.1 Å². The zero-order valence-electron chi connectivity index (χ0n) is 14.5. The van der Waals surface area contributed by atoms with Crippen molar-refractivity contribution in [2.45, 2.75) is 32.2 Å². The fourth-order valence-electron chi connectivity index (χ4n) is 2.59. The average Bonchev–Trinajstić information content (AvgIpc) is 3.43. The smallest absolute Gasteiger partial charge is 0.350 e. The first-order chi connectivity index (χ1) is 12.4. The van der Waals surface area contributed by atoms with Crippen LogP contribution in [-0.4, -0.2) is 34.0 Å². The van der Waals surface area contributed by atoms with Crippen LogP contribution in [-0.2, 0) is 9.53 Å². The number of esters is 1. The highest BCUT2D eigenvalue weighted by atomic mass is 32.1. The van der Waals surface area contributed by atoms with Crippen molar-refractivity contribution in [1.82, 2.24) is 15.3 Å². The molecule has 0 saturated heterocycles. The van der Waals surface area contributed by atoms with E-state index in [1.807, 2.05) is 6.07 Å². The second-order valence-electron chi connectivity index (χ2n) is 6.36. The Kier molecular flexibility index (Phi) is 5.00. The van der Waals surface area contributed by atoms with Crippen molar-refractivity contribution in [3.8, 4) is 16.8 Å². The van der Waals surface area contributed by atoms with E-state index in [2.05, 4.69) is 21.4 Å². The van der Waals surface area contributed by atoms with Gasteiger partial charge in [0.1, 0.15) is 15.4 Å². The third kappa shape index (κ3) is 3.89. The zero-order valence-corrected chi connectivity index (χ0v) is 15.3. The molecule has 26 heavy (non-hydrogen) atoms. The first-order valence-electron chi connectivity index (χ1n) is 8.21. The van der Waals surface area contributed by atoms with E-state index >= 15 is 0 Å². The lowest BCUT2D eigenvalue weighted by atomic mass is 9.98. The summed E-state index contributed by atoms with van der Waals surface area (Å²) in [5.41, 5.74) is 0.295. The summed E-state index contributed by atoms with van der Waals surface area (Å²) in [6, 6.07) is 7.58. The predicted octanol–water partition coefficient (Wildman–Crippen LogP) is 2.48. The number of hydrogen-bond acceptors (Lipinski definition) is 7. The first kappa shape index (κ1) is 18.0. The number of thiazole rings is 1. The molecule has 2 aromatic rings. The number of carbonyl (C=O) groups is 2. The van der Waals surface area contributed by atoms with Gasteiger partial charge in [-0.05, 0) is 44.7 Å². The topological polar surface area (TPSA) is 105 Å². The Hall–Kier alpha value is -2.79. The van der Waals surface area contributed by atoms with Gasteiger partial charge in [-0.1, -0.05) is 6.07 Å². The number of aryl methyl sites for hydroxylation is 1. The largest absolute Gasteiger partial charge is 0.451 e. The molecule has 1 N–H and O–H groups in total. The lowest BCUT2D eigenvalue weighted by Crippen LogP contribution is -2.48. The summed E-state index contributed by atoms with van der Waals surface area (Å²) >= 11 is 1.17. The molecule has 1 fully saturated rings. The van der Waals surface area contributed by atoms with Crippen LogP contribution in [0.1, 0.15) is 35.1 Å². The minimum atomic E-state index is -0.907. The van der Waals surface area contributed by atoms with E-state index in [4.69, 9.17) is 4.74 Å². The quantitative estimate of drug-likeness (QED) is 0.783.